The van der Waals surface area contributed by atoms with Crippen molar-refractivity contribution in [2.24, 2.45) is 0 Å². The van der Waals surface area contributed by atoms with Crippen LogP contribution < -0.4 is 10.2 Å². The van der Waals surface area contributed by atoms with Crippen LogP contribution in [-0.2, 0) is 27.5 Å². The molecule has 3 heterocycles. The van der Waals surface area contributed by atoms with Gasteiger partial charge in [-0.05, 0) is 99.4 Å². The molecule has 0 saturated carbocycles. The van der Waals surface area contributed by atoms with Crippen molar-refractivity contribution in [2.75, 3.05) is 37.0 Å². The molecule has 2 aromatic carbocycles. The van der Waals surface area contributed by atoms with Crippen LogP contribution in [0.4, 0.5) is 22.1 Å². The molecule has 244 valence electrons. The molecular weight excluding hydrogens is 593 g/mol. The van der Waals surface area contributed by atoms with Gasteiger partial charge in [0.05, 0.1) is 16.9 Å². The first-order valence-corrected chi connectivity index (χ1v) is 18.9. The number of aromatic nitrogens is 2. The molecule has 2 aliphatic rings. The number of likely N-dealkylation sites (N-methyl/N-ethyl adjacent to an activating group) is 1. The molecule has 0 bridgehead atoms. The zero-order valence-electron chi connectivity index (χ0n) is 29.0. The Bertz CT molecular complexity index is 1690. The maximum Gasteiger partial charge on any atom is 0.414 e. The van der Waals surface area contributed by atoms with Crippen molar-refractivity contribution < 1.29 is 14.0 Å². The average Bonchev–Trinajstić information content (AvgIpc) is 3.27. The molecule has 0 saturated heterocycles. The summed E-state index contributed by atoms with van der Waals surface area (Å²) in [5, 5.41) is 13.8. The molecule has 1 atom stereocenters. The molecule has 10 heteroatoms. The molecule has 1 N–H and O–H groups in total. The molecule has 0 radical (unpaired) electrons. The van der Waals surface area contributed by atoms with Gasteiger partial charge < -0.3 is 19.4 Å². The smallest absolute Gasteiger partial charge is 0.414 e. The summed E-state index contributed by atoms with van der Waals surface area (Å²) in [6, 6.07) is 14.5. The highest BCUT2D eigenvalue weighted by atomic mass is 28.4. The quantitative estimate of drug-likeness (QED) is 0.273. The third-order valence-corrected chi connectivity index (χ3v) is 13.9. The van der Waals surface area contributed by atoms with E-state index in [4.69, 9.17) is 14.1 Å². The third kappa shape index (κ3) is 6.97. The molecule has 0 fully saturated rings. The zero-order valence-corrected chi connectivity index (χ0v) is 30.0. The van der Waals surface area contributed by atoms with Crippen molar-refractivity contribution in [2.45, 2.75) is 90.6 Å². The normalized spacial score (nSPS) is 18.5. The van der Waals surface area contributed by atoms with Gasteiger partial charge in [-0.15, -0.1) is 0 Å². The summed E-state index contributed by atoms with van der Waals surface area (Å²) in [6.45, 7) is 21.5. The number of carbonyl (C=O) groups excluding carboxylic acids is 1. The number of fused-ring (bicyclic) bond motifs is 2. The minimum atomic E-state index is -2.12. The van der Waals surface area contributed by atoms with Crippen LogP contribution >= 0.6 is 0 Å². The van der Waals surface area contributed by atoms with Crippen LogP contribution in [0.25, 0.3) is 11.3 Å². The van der Waals surface area contributed by atoms with Gasteiger partial charge in [0.15, 0.2) is 8.32 Å². The molecule has 0 spiro atoms. The van der Waals surface area contributed by atoms with Gasteiger partial charge in [-0.1, -0.05) is 33.8 Å². The first-order valence-electron chi connectivity index (χ1n) is 16.0. The SMILES string of the molecule is CN1CCc2cc(Nc3nccc(-c4cc(C#N)c5c(c4)[C@@](C)(CO[Si](C)(C)C(C)(C)C)CN5C(=O)OC(C)(C)C)n3)ccc2C1. The fraction of sp³-hybridized carbons (Fsp3) is 0.500. The summed E-state index contributed by atoms with van der Waals surface area (Å²) in [5.41, 5.74) is 5.67. The predicted molar refractivity (Wildman–Crippen MR) is 186 cm³/mol. The van der Waals surface area contributed by atoms with Gasteiger partial charge in [0, 0.05) is 49.1 Å². The Balaban J connectivity index is 1.52. The number of ether oxygens (including phenoxy) is 1. The van der Waals surface area contributed by atoms with Crippen LogP contribution in [0.5, 0.6) is 0 Å². The van der Waals surface area contributed by atoms with Gasteiger partial charge in [-0.3, -0.25) is 4.90 Å². The number of anilines is 3. The van der Waals surface area contributed by atoms with Crippen LogP contribution in [0.2, 0.25) is 18.1 Å². The standard InChI is InChI=1S/C36H48N6O3Si/c1-34(2,3)45-33(43)42-22-36(7,23-44-46(9,10)35(4,5)6)29-19-26(17-27(20-37)31(29)42)30-13-15-38-32(40-30)39-28-12-11-25-21-41(8)16-14-24(25)18-28/h11-13,15,17-19H,14,16,21-23H2,1-10H3,(H,38,39,40)/t36-/m1/s1. The Hall–Kier alpha value is -3.78. The first kappa shape index (κ1) is 33.6. The van der Waals surface area contributed by atoms with Gasteiger partial charge >= 0.3 is 6.09 Å². The second-order valence-corrected chi connectivity index (χ2v) is 20.4. The van der Waals surface area contributed by atoms with E-state index in [9.17, 15) is 10.1 Å². The lowest BCUT2D eigenvalue weighted by molar-refractivity contribution is 0.0575. The highest BCUT2D eigenvalue weighted by Crippen LogP contribution is 2.47. The van der Waals surface area contributed by atoms with E-state index in [1.165, 1.54) is 11.1 Å². The van der Waals surface area contributed by atoms with Gasteiger partial charge in [-0.2, -0.15) is 5.26 Å². The molecule has 1 aromatic heterocycles. The fourth-order valence-corrected chi connectivity index (χ4v) is 6.88. The Morgan fingerprint density at radius 2 is 1.85 bits per heavy atom. The average molecular weight is 641 g/mol. The highest BCUT2D eigenvalue weighted by Gasteiger charge is 2.47. The lowest BCUT2D eigenvalue weighted by atomic mass is 9.83. The van der Waals surface area contributed by atoms with Crippen LogP contribution in [-0.4, -0.2) is 61.6 Å². The second kappa shape index (κ2) is 12.1. The molecule has 1 amide bonds. The summed E-state index contributed by atoms with van der Waals surface area (Å²) in [5.74, 6) is 0.476. The van der Waals surface area contributed by atoms with Gasteiger partial charge in [0.2, 0.25) is 5.95 Å². The number of nitrogens with zero attached hydrogens (tertiary/aromatic N) is 5. The molecule has 46 heavy (non-hydrogen) atoms. The minimum absolute atomic E-state index is 0.0219. The summed E-state index contributed by atoms with van der Waals surface area (Å²) in [6.07, 6.45) is 2.26. The first-order chi connectivity index (χ1) is 21.4. The maximum absolute atomic E-state index is 13.5. The third-order valence-electron chi connectivity index (χ3n) is 9.45. The van der Waals surface area contributed by atoms with Crippen LogP contribution in [0, 0.1) is 11.3 Å². The fourth-order valence-electron chi connectivity index (χ4n) is 5.76. The van der Waals surface area contributed by atoms with E-state index in [2.05, 4.69) is 93.4 Å². The lowest BCUT2D eigenvalue weighted by Gasteiger charge is -2.39. The van der Waals surface area contributed by atoms with Crippen molar-refractivity contribution in [3.05, 3.63) is 64.8 Å². The predicted octanol–water partition coefficient (Wildman–Crippen LogP) is 7.78. The Kier molecular flexibility index (Phi) is 8.83. The van der Waals surface area contributed by atoms with Crippen molar-refractivity contribution in [1.29, 1.82) is 5.26 Å². The number of carbonyl (C=O) groups is 1. The molecule has 2 aliphatic heterocycles. The van der Waals surface area contributed by atoms with E-state index in [1.54, 1.807) is 17.2 Å². The molecule has 5 rings (SSSR count). The van der Waals surface area contributed by atoms with Crippen molar-refractivity contribution >= 4 is 31.7 Å². The minimum Gasteiger partial charge on any atom is -0.443 e. The van der Waals surface area contributed by atoms with Crippen molar-refractivity contribution in [3.63, 3.8) is 0 Å². The Labute approximate surface area is 275 Å². The van der Waals surface area contributed by atoms with E-state index >= 15 is 0 Å². The summed E-state index contributed by atoms with van der Waals surface area (Å²) >= 11 is 0. The molecule has 9 nitrogen and oxygen atoms in total. The number of amides is 1. The van der Waals surface area contributed by atoms with Gasteiger partial charge in [0.25, 0.3) is 0 Å². The van der Waals surface area contributed by atoms with Crippen LogP contribution in [0.1, 0.15) is 70.7 Å². The van der Waals surface area contributed by atoms with E-state index in [-0.39, 0.29) is 5.04 Å². The monoisotopic (exact) mass is 640 g/mol. The molecule has 0 aliphatic carbocycles. The summed E-state index contributed by atoms with van der Waals surface area (Å²) in [4.78, 5) is 26.8. The van der Waals surface area contributed by atoms with E-state index in [1.807, 2.05) is 26.8 Å². The molecule has 3 aromatic rings. The number of nitriles is 1. The summed E-state index contributed by atoms with van der Waals surface area (Å²) in [7, 11) is 0.0271. The van der Waals surface area contributed by atoms with Crippen LogP contribution in [0.3, 0.4) is 0 Å². The van der Waals surface area contributed by atoms with Gasteiger partial charge in [0.1, 0.15) is 11.7 Å². The Morgan fingerprint density at radius 3 is 2.52 bits per heavy atom. The van der Waals surface area contributed by atoms with E-state index < -0.39 is 25.4 Å². The Morgan fingerprint density at radius 1 is 1.11 bits per heavy atom. The summed E-state index contributed by atoms with van der Waals surface area (Å²) < 4.78 is 12.6. The zero-order chi connectivity index (χ0) is 33.7. The molecular formula is C36H48N6O3Si. The maximum atomic E-state index is 13.5. The number of hydrogen-bond donors (Lipinski definition) is 1. The largest absolute Gasteiger partial charge is 0.443 e. The number of benzene rings is 2. The number of nitrogens with one attached hydrogen (secondary N) is 1. The van der Waals surface area contributed by atoms with Crippen LogP contribution in [0.15, 0.2) is 42.6 Å². The lowest BCUT2D eigenvalue weighted by Crippen LogP contribution is -2.46. The van der Waals surface area contributed by atoms with Crippen molar-refractivity contribution in [1.82, 2.24) is 14.9 Å². The van der Waals surface area contributed by atoms with E-state index in [0.29, 0.717) is 36.0 Å². The topological polar surface area (TPSA) is 104 Å². The highest BCUT2D eigenvalue weighted by molar-refractivity contribution is 6.74. The second-order valence-electron chi connectivity index (χ2n) is 15.6. The van der Waals surface area contributed by atoms with Gasteiger partial charge in [-0.25, -0.2) is 14.8 Å². The van der Waals surface area contributed by atoms with Crippen molar-refractivity contribution in [3.8, 4) is 17.3 Å². The number of hydrogen-bond acceptors (Lipinski definition) is 8. The molecule has 0 unspecified atom stereocenters. The van der Waals surface area contributed by atoms with E-state index in [0.717, 1.165) is 36.3 Å². The number of rotatable bonds is 6.